The third-order valence-electron chi connectivity index (χ3n) is 4.21. The number of aromatic nitrogens is 1. The molecule has 1 aromatic carbocycles. The summed E-state index contributed by atoms with van der Waals surface area (Å²) >= 11 is 1.51. The molecule has 0 N–H and O–H groups in total. The van der Waals surface area contributed by atoms with Crippen LogP contribution in [0, 0.1) is 18.6 Å². The molecule has 0 saturated carbocycles. The summed E-state index contributed by atoms with van der Waals surface area (Å²) in [6, 6.07) is 3.42. The normalized spacial score (nSPS) is 18.3. The molecular weight excluding hydrogens is 318 g/mol. The van der Waals surface area contributed by atoms with Gasteiger partial charge >= 0.3 is 0 Å². The predicted octanol–water partition coefficient (Wildman–Crippen LogP) is 4.12. The number of piperidine rings is 1. The van der Waals surface area contributed by atoms with E-state index in [1.54, 1.807) is 6.92 Å². The van der Waals surface area contributed by atoms with Crippen LogP contribution < -0.4 is 0 Å². The zero-order chi connectivity index (χ0) is 16.6. The first-order valence-corrected chi connectivity index (χ1v) is 8.45. The van der Waals surface area contributed by atoms with Crippen molar-refractivity contribution in [3.05, 3.63) is 39.7 Å². The number of nitrogens with zero attached hydrogens (tertiary/aromatic N) is 2. The van der Waals surface area contributed by atoms with Crippen LogP contribution in [0.3, 0.4) is 0 Å². The second kappa shape index (κ2) is 6.35. The van der Waals surface area contributed by atoms with Crippen molar-refractivity contribution in [1.82, 2.24) is 9.88 Å². The molecule has 122 valence electrons. The topological polar surface area (TPSA) is 33.2 Å². The van der Waals surface area contributed by atoms with E-state index in [-0.39, 0.29) is 17.4 Å². The summed E-state index contributed by atoms with van der Waals surface area (Å²) < 4.78 is 27.4. The van der Waals surface area contributed by atoms with Crippen molar-refractivity contribution in [2.24, 2.45) is 0 Å². The highest BCUT2D eigenvalue weighted by Gasteiger charge is 2.26. The van der Waals surface area contributed by atoms with Crippen LogP contribution in [0.1, 0.15) is 35.6 Å². The monoisotopic (exact) mass is 336 g/mol. The Morgan fingerprint density at radius 2 is 2.17 bits per heavy atom. The van der Waals surface area contributed by atoms with Gasteiger partial charge in [0.1, 0.15) is 11.6 Å². The average Bonchev–Trinajstić information content (AvgIpc) is 2.91. The maximum Gasteiger partial charge on any atom is 0.219 e. The van der Waals surface area contributed by atoms with Crippen molar-refractivity contribution in [2.45, 2.75) is 32.6 Å². The lowest BCUT2D eigenvalue weighted by atomic mass is 9.98. The number of halogens is 2. The molecule has 1 aliphatic rings. The van der Waals surface area contributed by atoms with Crippen LogP contribution in [0.5, 0.6) is 0 Å². The number of amides is 1. The van der Waals surface area contributed by atoms with E-state index >= 15 is 0 Å². The van der Waals surface area contributed by atoms with Gasteiger partial charge in [-0.1, -0.05) is 0 Å². The van der Waals surface area contributed by atoms with Gasteiger partial charge in [0.2, 0.25) is 5.91 Å². The van der Waals surface area contributed by atoms with E-state index in [4.69, 9.17) is 0 Å². The minimum Gasteiger partial charge on any atom is -0.342 e. The average molecular weight is 336 g/mol. The van der Waals surface area contributed by atoms with E-state index in [2.05, 4.69) is 4.98 Å². The smallest absolute Gasteiger partial charge is 0.219 e. The Kier molecular flexibility index (Phi) is 4.43. The third kappa shape index (κ3) is 3.27. The number of hydrogen-bond acceptors (Lipinski definition) is 3. The lowest BCUT2D eigenvalue weighted by molar-refractivity contribution is -0.130. The number of benzene rings is 1. The third-order valence-corrected chi connectivity index (χ3v) is 5.35. The Bertz CT molecular complexity index is 744. The number of rotatable bonds is 2. The summed E-state index contributed by atoms with van der Waals surface area (Å²) in [6.07, 6.45) is 1.90. The van der Waals surface area contributed by atoms with Crippen LogP contribution in [0.2, 0.25) is 0 Å². The van der Waals surface area contributed by atoms with Crippen molar-refractivity contribution in [3.63, 3.8) is 0 Å². The van der Waals surface area contributed by atoms with E-state index in [9.17, 15) is 13.6 Å². The fourth-order valence-electron chi connectivity index (χ4n) is 2.99. The SMILES string of the molecule is CC(=O)N1CCC[C@H](c2nc(-c3cc(F)ccc3F)c(C)s2)C1. The zero-order valence-corrected chi connectivity index (χ0v) is 13.9. The van der Waals surface area contributed by atoms with E-state index < -0.39 is 11.6 Å². The van der Waals surface area contributed by atoms with Gasteiger partial charge in [-0.15, -0.1) is 11.3 Å². The van der Waals surface area contributed by atoms with Gasteiger partial charge in [-0.25, -0.2) is 13.8 Å². The van der Waals surface area contributed by atoms with Crippen molar-refractivity contribution in [1.29, 1.82) is 0 Å². The molecular formula is C17H18F2N2OS. The Morgan fingerprint density at radius 3 is 2.91 bits per heavy atom. The Balaban J connectivity index is 1.92. The largest absolute Gasteiger partial charge is 0.342 e. The zero-order valence-electron chi connectivity index (χ0n) is 13.1. The first-order chi connectivity index (χ1) is 11.0. The van der Waals surface area contributed by atoms with Crippen molar-refractivity contribution in [3.8, 4) is 11.3 Å². The van der Waals surface area contributed by atoms with E-state index in [1.165, 1.54) is 17.4 Å². The lowest BCUT2D eigenvalue weighted by Crippen LogP contribution is -2.37. The molecule has 2 heterocycles. The molecule has 23 heavy (non-hydrogen) atoms. The summed E-state index contributed by atoms with van der Waals surface area (Å²) in [7, 11) is 0. The number of carbonyl (C=O) groups is 1. The summed E-state index contributed by atoms with van der Waals surface area (Å²) in [5.74, 6) is -0.711. The molecule has 1 aromatic heterocycles. The molecule has 2 aromatic rings. The number of aryl methyl sites for hydroxylation is 1. The molecule has 0 aliphatic carbocycles. The minimum atomic E-state index is -0.476. The van der Waals surface area contributed by atoms with E-state index in [0.717, 1.165) is 41.4 Å². The number of carbonyl (C=O) groups excluding carboxylic acids is 1. The molecule has 0 radical (unpaired) electrons. The predicted molar refractivity (Wildman–Crippen MR) is 86.4 cm³/mol. The number of likely N-dealkylation sites (tertiary alicyclic amines) is 1. The van der Waals surface area contributed by atoms with Gasteiger partial charge in [0.05, 0.1) is 10.7 Å². The van der Waals surface area contributed by atoms with Gasteiger partial charge in [0.15, 0.2) is 0 Å². The van der Waals surface area contributed by atoms with E-state index in [1.807, 2.05) is 11.8 Å². The van der Waals surface area contributed by atoms with Crippen LogP contribution in [-0.2, 0) is 4.79 Å². The summed E-state index contributed by atoms with van der Waals surface area (Å²) in [6.45, 7) is 4.87. The highest BCUT2D eigenvalue weighted by atomic mass is 32.1. The molecule has 6 heteroatoms. The molecule has 1 fully saturated rings. The summed E-state index contributed by atoms with van der Waals surface area (Å²) in [5.41, 5.74) is 0.700. The number of hydrogen-bond donors (Lipinski definition) is 0. The van der Waals surface area contributed by atoms with Gasteiger partial charge < -0.3 is 4.90 Å². The molecule has 0 bridgehead atoms. The molecule has 1 amide bonds. The minimum absolute atomic E-state index is 0.0689. The lowest BCUT2D eigenvalue weighted by Gasteiger charge is -2.30. The fraction of sp³-hybridized carbons (Fsp3) is 0.412. The standard InChI is InChI=1S/C17H18F2N2OS/c1-10-16(14-8-13(18)5-6-15(14)19)20-17(23-10)12-4-3-7-21(9-12)11(2)22/h5-6,8,12H,3-4,7,9H2,1-2H3/t12-/m0/s1. The maximum absolute atomic E-state index is 14.0. The highest BCUT2D eigenvalue weighted by Crippen LogP contribution is 2.36. The van der Waals surface area contributed by atoms with Gasteiger partial charge in [0, 0.05) is 36.4 Å². The highest BCUT2D eigenvalue weighted by molar-refractivity contribution is 7.12. The van der Waals surface area contributed by atoms with Crippen LogP contribution in [0.25, 0.3) is 11.3 Å². The summed E-state index contributed by atoms with van der Waals surface area (Å²) in [4.78, 5) is 18.8. The van der Waals surface area contributed by atoms with Crippen molar-refractivity contribution in [2.75, 3.05) is 13.1 Å². The van der Waals surface area contributed by atoms with Crippen LogP contribution in [0.4, 0.5) is 8.78 Å². The Hall–Kier alpha value is -1.82. The molecule has 1 saturated heterocycles. The maximum atomic E-state index is 14.0. The Labute approximate surface area is 138 Å². The van der Waals surface area contributed by atoms with Gasteiger partial charge in [-0.05, 0) is 38.0 Å². The van der Waals surface area contributed by atoms with Crippen molar-refractivity contribution < 1.29 is 13.6 Å². The fourth-order valence-corrected chi connectivity index (χ4v) is 4.05. The Morgan fingerprint density at radius 1 is 1.39 bits per heavy atom. The second-order valence-electron chi connectivity index (χ2n) is 5.89. The molecule has 1 aliphatic heterocycles. The second-order valence-corrected chi connectivity index (χ2v) is 7.12. The van der Waals surface area contributed by atoms with Gasteiger partial charge in [-0.2, -0.15) is 0 Å². The van der Waals surface area contributed by atoms with Crippen LogP contribution in [0.15, 0.2) is 18.2 Å². The van der Waals surface area contributed by atoms with Crippen LogP contribution in [-0.4, -0.2) is 28.9 Å². The first kappa shape index (κ1) is 16.1. The molecule has 3 rings (SSSR count). The molecule has 1 atom stereocenters. The van der Waals surface area contributed by atoms with Crippen molar-refractivity contribution >= 4 is 17.2 Å². The van der Waals surface area contributed by atoms with Gasteiger partial charge in [-0.3, -0.25) is 4.79 Å². The first-order valence-electron chi connectivity index (χ1n) is 7.64. The van der Waals surface area contributed by atoms with Crippen LogP contribution >= 0.6 is 11.3 Å². The molecule has 0 spiro atoms. The van der Waals surface area contributed by atoms with Gasteiger partial charge in [0.25, 0.3) is 0 Å². The summed E-state index contributed by atoms with van der Waals surface area (Å²) in [5, 5.41) is 0.895. The number of thiazole rings is 1. The molecule has 3 nitrogen and oxygen atoms in total. The molecule has 0 unspecified atom stereocenters. The quantitative estimate of drug-likeness (QED) is 0.826. The van der Waals surface area contributed by atoms with E-state index in [0.29, 0.717) is 12.2 Å².